The number of piperidine rings is 2. The van der Waals surface area contributed by atoms with E-state index in [0.29, 0.717) is 31.5 Å². The van der Waals surface area contributed by atoms with Crippen LogP contribution < -0.4 is 9.46 Å². The van der Waals surface area contributed by atoms with E-state index in [-0.39, 0.29) is 23.8 Å². The second-order valence-corrected chi connectivity index (χ2v) is 13.2. The highest BCUT2D eigenvalue weighted by atomic mass is 35.5. The van der Waals surface area contributed by atoms with Gasteiger partial charge in [0.25, 0.3) is 5.91 Å². The Hall–Kier alpha value is -1.70. The van der Waals surface area contributed by atoms with E-state index in [4.69, 9.17) is 16.3 Å². The minimum Gasteiger partial charge on any atom is -0.493 e. The molecule has 1 aliphatic carbocycles. The van der Waals surface area contributed by atoms with Gasteiger partial charge in [0.1, 0.15) is 11.6 Å². The molecule has 14 heteroatoms. The van der Waals surface area contributed by atoms with Gasteiger partial charge in [0.05, 0.1) is 29.7 Å². The summed E-state index contributed by atoms with van der Waals surface area (Å²) in [5, 5.41) is 1.43. The largest absolute Gasteiger partial charge is 0.493 e. The van der Waals surface area contributed by atoms with Crippen LogP contribution in [0.5, 0.6) is 5.75 Å². The van der Waals surface area contributed by atoms with Crippen LogP contribution in [0, 0.1) is 17.2 Å². The van der Waals surface area contributed by atoms with Crippen LogP contribution in [0.1, 0.15) is 60.9 Å². The minimum absolute atomic E-state index is 0.0655. The number of hydrazine groups is 1. The average Bonchev–Trinajstić information content (AvgIpc) is 3.63. The summed E-state index contributed by atoms with van der Waals surface area (Å²) in [5.74, 6) is -3.35. The van der Waals surface area contributed by atoms with E-state index < -0.39 is 63.9 Å². The highest BCUT2D eigenvalue weighted by molar-refractivity contribution is 7.89. The number of nitrogens with zero attached hydrogens (tertiary/aromatic N) is 2. The van der Waals surface area contributed by atoms with Gasteiger partial charge in [-0.05, 0) is 49.7 Å². The lowest BCUT2D eigenvalue weighted by molar-refractivity contribution is -0.226. The number of hydrogen-bond acceptors (Lipinski definition) is 6. The van der Waals surface area contributed by atoms with Gasteiger partial charge in [-0.15, -0.1) is 11.6 Å². The molecule has 2 heterocycles. The van der Waals surface area contributed by atoms with Crippen molar-refractivity contribution in [3.63, 3.8) is 0 Å². The maximum atomic E-state index is 14.8. The SMILES string of the molecule is CC1(COc2cc(F)c(C(=O)NS(C)(=O)=O)cc2C2CC2)CCN(N2CC(C(F)(F)F)CC(Cl)C2F)CC1. The summed E-state index contributed by atoms with van der Waals surface area (Å²) in [7, 11) is -3.87. The fourth-order valence-electron chi connectivity index (χ4n) is 4.98. The number of halogens is 6. The Labute approximate surface area is 223 Å². The van der Waals surface area contributed by atoms with Gasteiger partial charge in [-0.3, -0.25) is 4.79 Å². The fourth-order valence-corrected chi connectivity index (χ4v) is 5.77. The number of carbonyl (C=O) groups excluding carboxylic acids is 1. The van der Waals surface area contributed by atoms with E-state index in [1.54, 1.807) is 9.73 Å². The zero-order chi connectivity index (χ0) is 28.0. The number of ether oxygens (including phenoxy) is 1. The normalized spacial score (nSPS) is 27.2. The summed E-state index contributed by atoms with van der Waals surface area (Å²) in [6, 6.07) is 2.41. The predicted octanol–water partition coefficient (Wildman–Crippen LogP) is 4.58. The molecule has 2 saturated heterocycles. The Morgan fingerprint density at radius 2 is 1.87 bits per heavy atom. The molecule has 3 unspecified atom stereocenters. The Morgan fingerprint density at radius 1 is 1.24 bits per heavy atom. The third kappa shape index (κ3) is 6.89. The molecular weight excluding hydrogens is 557 g/mol. The second kappa shape index (κ2) is 10.7. The molecule has 3 fully saturated rings. The summed E-state index contributed by atoms with van der Waals surface area (Å²) in [6.07, 6.45) is -3.19. The van der Waals surface area contributed by atoms with E-state index in [0.717, 1.165) is 30.2 Å². The summed E-state index contributed by atoms with van der Waals surface area (Å²) in [4.78, 5) is 12.2. The Kier molecular flexibility index (Phi) is 8.25. The van der Waals surface area contributed by atoms with E-state index in [9.17, 15) is 35.2 Å². The van der Waals surface area contributed by atoms with Crippen molar-refractivity contribution in [2.24, 2.45) is 11.3 Å². The standard InChI is InChI=1S/C24H31ClF5N3O4S/c1-23(5-7-32(8-6-23)33-12-15(24(28,29)30)9-18(25)21(33)27)13-37-20-11-19(26)17(10-16(20)14-3-4-14)22(34)31-38(2,35)36/h10-11,14-15,18,21H,3-9,12-13H2,1-2H3,(H,31,34). The van der Waals surface area contributed by atoms with Crippen LogP contribution in [0.2, 0.25) is 0 Å². The van der Waals surface area contributed by atoms with Crippen molar-refractivity contribution in [2.75, 3.05) is 32.5 Å². The zero-order valence-corrected chi connectivity index (χ0v) is 22.6. The fraction of sp³-hybridized carbons (Fsp3) is 0.708. The van der Waals surface area contributed by atoms with Crippen LogP contribution in [0.25, 0.3) is 0 Å². The number of benzene rings is 1. The summed E-state index contributed by atoms with van der Waals surface area (Å²) in [5.41, 5.74) is -0.182. The molecule has 1 N–H and O–H groups in total. The molecule has 3 atom stereocenters. The quantitative estimate of drug-likeness (QED) is 0.286. The van der Waals surface area contributed by atoms with Gasteiger partial charge >= 0.3 is 6.18 Å². The summed E-state index contributed by atoms with van der Waals surface area (Å²) >= 11 is 5.93. The number of carbonyl (C=O) groups is 1. The zero-order valence-electron chi connectivity index (χ0n) is 21.0. The van der Waals surface area contributed by atoms with Gasteiger partial charge in [0, 0.05) is 31.1 Å². The highest BCUT2D eigenvalue weighted by Crippen LogP contribution is 2.46. The maximum Gasteiger partial charge on any atom is 0.393 e. The predicted molar refractivity (Wildman–Crippen MR) is 130 cm³/mol. The van der Waals surface area contributed by atoms with Crippen molar-refractivity contribution in [3.8, 4) is 5.75 Å². The third-order valence-corrected chi connectivity index (χ3v) is 8.43. The molecule has 0 aromatic heterocycles. The van der Waals surface area contributed by atoms with Gasteiger partial charge in [0.15, 0.2) is 6.30 Å². The molecule has 0 bridgehead atoms. The lowest BCUT2D eigenvalue weighted by Crippen LogP contribution is -2.60. The molecule has 3 aliphatic rings. The van der Waals surface area contributed by atoms with Gasteiger partial charge in [-0.2, -0.15) is 13.2 Å². The smallest absolute Gasteiger partial charge is 0.393 e. The second-order valence-electron chi connectivity index (χ2n) is 10.9. The monoisotopic (exact) mass is 587 g/mol. The minimum atomic E-state index is -4.46. The lowest BCUT2D eigenvalue weighted by atomic mass is 9.81. The first-order valence-corrected chi connectivity index (χ1v) is 14.7. The molecule has 4 rings (SSSR count). The van der Waals surface area contributed by atoms with E-state index in [1.807, 2.05) is 6.92 Å². The van der Waals surface area contributed by atoms with Gasteiger partial charge in [-0.1, -0.05) is 6.92 Å². The highest BCUT2D eigenvalue weighted by Gasteiger charge is 2.50. The molecule has 0 spiro atoms. The molecule has 1 aromatic rings. The van der Waals surface area contributed by atoms with Gasteiger partial charge in [0.2, 0.25) is 10.0 Å². The van der Waals surface area contributed by atoms with Crippen LogP contribution in [0.4, 0.5) is 22.0 Å². The molecule has 38 heavy (non-hydrogen) atoms. The Morgan fingerprint density at radius 3 is 2.42 bits per heavy atom. The first kappa shape index (κ1) is 29.3. The number of hydrogen-bond donors (Lipinski definition) is 1. The van der Waals surface area contributed by atoms with E-state index in [2.05, 4.69) is 0 Å². The molecule has 0 radical (unpaired) electrons. The van der Waals surface area contributed by atoms with E-state index >= 15 is 0 Å². The molecule has 1 aromatic carbocycles. The van der Waals surface area contributed by atoms with Crippen molar-refractivity contribution in [2.45, 2.75) is 62.8 Å². The third-order valence-electron chi connectivity index (χ3n) is 7.49. The first-order chi connectivity index (χ1) is 17.6. The van der Waals surface area contributed by atoms with Gasteiger partial charge < -0.3 is 4.74 Å². The average molecular weight is 588 g/mol. The Bertz CT molecular complexity index is 1160. The molecule has 2 aliphatic heterocycles. The van der Waals surface area contributed by atoms with Crippen LogP contribution in [0.3, 0.4) is 0 Å². The summed E-state index contributed by atoms with van der Waals surface area (Å²) in [6.45, 7) is 2.25. The van der Waals surface area contributed by atoms with E-state index in [1.165, 1.54) is 6.07 Å². The van der Waals surface area contributed by atoms with Gasteiger partial charge in [-0.25, -0.2) is 31.9 Å². The van der Waals surface area contributed by atoms with Crippen LogP contribution in [-0.4, -0.2) is 74.7 Å². The first-order valence-electron chi connectivity index (χ1n) is 12.4. The number of amides is 1. The topological polar surface area (TPSA) is 78.9 Å². The Balaban J connectivity index is 1.41. The molecular formula is C24H31ClF5N3O4S. The molecule has 1 saturated carbocycles. The summed E-state index contributed by atoms with van der Waals surface area (Å²) < 4.78 is 100. The number of nitrogens with one attached hydrogen (secondary N) is 1. The van der Waals surface area contributed by atoms with Crippen LogP contribution in [-0.2, 0) is 10.0 Å². The van der Waals surface area contributed by atoms with Crippen molar-refractivity contribution in [3.05, 3.63) is 29.1 Å². The number of alkyl halides is 5. The molecule has 1 amide bonds. The van der Waals surface area contributed by atoms with Crippen molar-refractivity contribution in [1.82, 2.24) is 14.7 Å². The lowest BCUT2D eigenvalue weighted by Gasteiger charge is -2.48. The van der Waals surface area contributed by atoms with Crippen LogP contribution >= 0.6 is 11.6 Å². The maximum absolute atomic E-state index is 14.8. The molecule has 214 valence electrons. The number of rotatable bonds is 7. The number of sulfonamides is 1. The van der Waals surface area contributed by atoms with Crippen LogP contribution in [0.15, 0.2) is 12.1 Å². The molecule has 7 nitrogen and oxygen atoms in total. The van der Waals surface area contributed by atoms with Crippen molar-refractivity contribution < 1.29 is 39.9 Å². The van der Waals surface area contributed by atoms with Crippen molar-refractivity contribution >= 4 is 27.5 Å². The van der Waals surface area contributed by atoms with Crippen molar-refractivity contribution in [1.29, 1.82) is 0 Å².